The summed E-state index contributed by atoms with van der Waals surface area (Å²) in [5.41, 5.74) is 6.27. The fourth-order valence-electron chi connectivity index (χ4n) is 1.87. The fourth-order valence-corrected chi connectivity index (χ4v) is 3.85. The number of aromatic nitrogens is 1. The number of pyridine rings is 1. The Kier molecular flexibility index (Phi) is 3.50. The molecule has 0 unspecified atom stereocenters. The summed E-state index contributed by atoms with van der Waals surface area (Å²) in [7, 11) is -3.34. The van der Waals surface area contributed by atoms with E-state index in [1.54, 1.807) is 6.07 Å². The molecule has 22 heavy (non-hydrogen) atoms. The summed E-state index contributed by atoms with van der Waals surface area (Å²) < 4.78 is 43.4. The Labute approximate surface area is 130 Å². The third-order valence-corrected chi connectivity index (χ3v) is 5.83. The number of hydrogen-bond acceptors (Lipinski definition) is 6. The molecule has 0 fully saturated rings. The van der Waals surface area contributed by atoms with Gasteiger partial charge in [-0.1, -0.05) is 0 Å². The first-order valence-corrected chi connectivity index (χ1v) is 8.87. The lowest BCUT2D eigenvalue weighted by atomic mass is 10.3. The highest BCUT2D eigenvalue weighted by atomic mass is 32.2. The Balaban J connectivity index is 2.09. The van der Waals surface area contributed by atoms with Crippen LogP contribution >= 0.6 is 11.3 Å². The van der Waals surface area contributed by atoms with Gasteiger partial charge < -0.3 is 10.5 Å². The Hall–Kier alpha value is -2.19. The van der Waals surface area contributed by atoms with Crippen molar-refractivity contribution < 1.29 is 17.5 Å². The Morgan fingerprint density at radius 2 is 2.00 bits per heavy atom. The predicted molar refractivity (Wildman–Crippen MR) is 83.6 cm³/mol. The molecule has 0 amide bonds. The first-order valence-electron chi connectivity index (χ1n) is 6.16. The van der Waals surface area contributed by atoms with Crippen molar-refractivity contribution in [2.75, 3.05) is 12.0 Å². The topological polar surface area (TPSA) is 82.3 Å². The van der Waals surface area contributed by atoms with Crippen LogP contribution in [0.1, 0.15) is 0 Å². The van der Waals surface area contributed by atoms with E-state index in [1.165, 1.54) is 24.4 Å². The number of halogens is 1. The van der Waals surface area contributed by atoms with Crippen molar-refractivity contribution in [3.8, 4) is 11.5 Å². The van der Waals surface area contributed by atoms with Gasteiger partial charge in [0.25, 0.3) is 0 Å². The highest BCUT2D eigenvalue weighted by Crippen LogP contribution is 2.37. The molecule has 0 radical (unpaired) electrons. The standard InChI is InChI=1S/C14H11FN2O3S2/c1-22(18,19)13-7-10-14(21-13)12(4-5-17-10)20-11-3-2-8(16)6-9(11)15/h2-7H,16H2,1H3. The summed E-state index contributed by atoms with van der Waals surface area (Å²) in [5.74, 6) is -0.241. The summed E-state index contributed by atoms with van der Waals surface area (Å²) in [4.78, 5) is 4.11. The lowest BCUT2D eigenvalue weighted by Gasteiger charge is -2.07. The number of fused-ring (bicyclic) bond motifs is 1. The number of nitrogens with two attached hydrogens (primary N) is 1. The van der Waals surface area contributed by atoms with Crippen LogP contribution in [0.15, 0.2) is 40.7 Å². The second-order valence-corrected chi connectivity index (χ2v) is 7.95. The predicted octanol–water partition coefficient (Wildman–Crippen LogP) is 3.21. The van der Waals surface area contributed by atoms with Gasteiger partial charge in [-0.3, -0.25) is 4.98 Å². The van der Waals surface area contributed by atoms with E-state index in [4.69, 9.17) is 10.5 Å². The second-order valence-electron chi connectivity index (χ2n) is 4.65. The minimum atomic E-state index is -3.34. The monoisotopic (exact) mass is 338 g/mol. The third kappa shape index (κ3) is 2.75. The molecule has 3 rings (SSSR count). The van der Waals surface area contributed by atoms with Crippen molar-refractivity contribution in [3.63, 3.8) is 0 Å². The molecular weight excluding hydrogens is 327 g/mol. The van der Waals surface area contributed by atoms with Crippen LogP contribution in [0.5, 0.6) is 11.5 Å². The van der Waals surface area contributed by atoms with Gasteiger partial charge in [0.15, 0.2) is 21.4 Å². The Morgan fingerprint density at radius 3 is 2.68 bits per heavy atom. The first kappa shape index (κ1) is 14.7. The van der Waals surface area contributed by atoms with E-state index < -0.39 is 15.7 Å². The van der Waals surface area contributed by atoms with Crippen molar-refractivity contribution in [1.82, 2.24) is 4.98 Å². The van der Waals surface area contributed by atoms with Crippen molar-refractivity contribution >= 4 is 37.1 Å². The van der Waals surface area contributed by atoms with Crippen LogP contribution in [-0.2, 0) is 9.84 Å². The van der Waals surface area contributed by atoms with Crippen molar-refractivity contribution in [2.24, 2.45) is 0 Å². The zero-order valence-corrected chi connectivity index (χ0v) is 13.0. The van der Waals surface area contributed by atoms with E-state index in [9.17, 15) is 12.8 Å². The van der Waals surface area contributed by atoms with E-state index in [0.717, 1.165) is 23.7 Å². The van der Waals surface area contributed by atoms with Gasteiger partial charge in [-0.05, 0) is 18.2 Å². The summed E-state index contributed by atoms with van der Waals surface area (Å²) >= 11 is 1.04. The average Bonchev–Trinajstić information content (AvgIpc) is 2.87. The zero-order valence-electron chi connectivity index (χ0n) is 11.4. The average molecular weight is 338 g/mol. The molecule has 0 aliphatic heterocycles. The third-order valence-electron chi connectivity index (χ3n) is 2.89. The molecule has 5 nitrogen and oxygen atoms in total. The summed E-state index contributed by atoms with van der Waals surface area (Å²) in [6.45, 7) is 0. The Bertz CT molecular complexity index is 967. The number of hydrogen-bond donors (Lipinski definition) is 1. The molecule has 0 bridgehead atoms. The number of nitrogens with zero attached hydrogens (tertiary/aromatic N) is 1. The number of benzene rings is 1. The SMILES string of the molecule is CS(=O)(=O)c1cc2nccc(Oc3ccc(N)cc3F)c2s1. The van der Waals surface area contributed by atoms with Gasteiger partial charge in [0, 0.05) is 30.3 Å². The van der Waals surface area contributed by atoms with Crippen molar-refractivity contribution in [1.29, 1.82) is 0 Å². The molecule has 0 aliphatic carbocycles. The molecule has 0 saturated carbocycles. The first-order chi connectivity index (χ1) is 10.3. The zero-order chi connectivity index (χ0) is 15.9. The largest absolute Gasteiger partial charge is 0.453 e. The summed E-state index contributed by atoms with van der Waals surface area (Å²) in [5, 5.41) is 0. The van der Waals surface area contributed by atoms with E-state index in [1.807, 2.05) is 0 Å². The van der Waals surface area contributed by atoms with Crippen molar-refractivity contribution in [2.45, 2.75) is 4.21 Å². The van der Waals surface area contributed by atoms with Gasteiger partial charge in [0.1, 0.15) is 9.96 Å². The second kappa shape index (κ2) is 5.22. The van der Waals surface area contributed by atoms with Crippen molar-refractivity contribution in [3.05, 3.63) is 42.3 Å². The molecule has 2 heterocycles. The van der Waals surface area contributed by atoms with Crippen LogP contribution in [0.2, 0.25) is 0 Å². The minimum absolute atomic E-state index is 0.0102. The molecule has 2 aromatic heterocycles. The number of rotatable bonds is 3. The van der Waals surface area contributed by atoms with E-state index in [2.05, 4.69) is 4.98 Å². The van der Waals surface area contributed by atoms with Gasteiger partial charge in [0.2, 0.25) is 0 Å². The fraction of sp³-hybridized carbons (Fsp3) is 0.0714. The van der Waals surface area contributed by atoms with Crippen LogP contribution in [0, 0.1) is 5.82 Å². The highest BCUT2D eigenvalue weighted by molar-refractivity contribution is 7.93. The summed E-state index contributed by atoms with van der Waals surface area (Å²) in [6, 6.07) is 7.13. The van der Waals surface area contributed by atoms with Crippen LogP contribution in [-0.4, -0.2) is 19.7 Å². The molecule has 0 atom stereocenters. The number of anilines is 1. The molecule has 2 N–H and O–H groups in total. The van der Waals surface area contributed by atoms with Gasteiger partial charge in [-0.15, -0.1) is 11.3 Å². The van der Waals surface area contributed by atoms with Crippen LogP contribution in [0.4, 0.5) is 10.1 Å². The van der Waals surface area contributed by atoms with E-state index in [-0.39, 0.29) is 9.96 Å². The number of ether oxygens (including phenoxy) is 1. The number of sulfone groups is 1. The lowest BCUT2D eigenvalue weighted by molar-refractivity contribution is 0.447. The molecule has 0 saturated heterocycles. The van der Waals surface area contributed by atoms with E-state index in [0.29, 0.717) is 21.7 Å². The normalized spacial score (nSPS) is 11.7. The number of nitrogen functional groups attached to an aromatic ring is 1. The molecule has 1 aromatic carbocycles. The van der Waals surface area contributed by atoms with Gasteiger partial charge >= 0.3 is 0 Å². The van der Waals surface area contributed by atoms with Crippen LogP contribution in [0.3, 0.4) is 0 Å². The highest BCUT2D eigenvalue weighted by Gasteiger charge is 2.16. The smallest absolute Gasteiger partial charge is 0.184 e. The van der Waals surface area contributed by atoms with E-state index >= 15 is 0 Å². The van der Waals surface area contributed by atoms with Crippen LogP contribution < -0.4 is 10.5 Å². The molecule has 3 aromatic rings. The molecule has 0 spiro atoms. The molecule has 0 aliphatic rings. The maximum absolute atomic E-state index is 13.8. The van der Waals surface area contributed by atoms with Gasteiger partial charge in [-0.25, -0.2) is 12.8 Å². The quantitative estimate of drug-likeness (QED) is 0.742. The van der Waals surface area contributed by atoms with Gasteiger partial charge in [-0.2, -0.15) is 0 Å². The molecule has 8 heteroatoms. The molecular formula is C14H11FN2O3S2. The van der Waals surface area contributed by atoms with Crippen LogP contribution in [0.25, 0.3) is 10.2 Å². The Morgan fingerprint density at radius 1 is 1.23 bits per heavy atom. The lowest BCUT2D eigenvalue weighted by Crippen LogP contribution is -1.92. The number of thiophene rings is 1. The minimum Gasteiger partial charge on any atom is -0.453 e. The molecule has 114 valence electrons. The maximum Gasteiger partial charge on any atom is 0.184 e. The van der Waals surface area contributed by atoms with Gasteiger partial charge in [0.05, 0.1) is 10.2 Å². The maximum atomic E-state index is 13.8. The summed E-state index contributed by atoms with van der Waals surface area (Å²) in [6.07, 6.45) is 2.60.